The number of carbonyl (C=O) groups is 1. The minimum Gasteiger partial charge on any atom is -0.348 e. The van der Waals surface area contributed by atoms with Crippen LogP contribution >= 0.6 is 24.0 Å². The average molecular weight is 293 g/mol. The molecule has 0 aromatic heterocycles. The van der Waals surface area contributed by atoms with Crippen molar-refractivity contribution in [1.29, 1.82) is 0 Å². The first-order valence-corrected chi connectivity index (χ1v) is 5.95. The minimum atomic E-state index is -0.588. The Morgan fingerprint density at radius 3 is 2.72 bits per heavy atom. The molecule has 0 radical (unpaired) electrons. The normalized spacial score (nSPS) is 15.7. The van der Waals surface area contributed by atoms with Crippen LogP contribution in [-0.2, 0) is 0 Å². The Morgan fingerprint density at radius 2 is 2.22 bits per heavy atom. The van der Waals surface area contributed by atoms with Crippen molar-refractivity contribution in [2.24, 2.45) is 11.7 Å². The van der Waals surface area contributed by atoms with Gasteiger partial charge in [0.15, 0.2) is 0 Å². The van der Waals surface area contributed by atoms with Gasteiger partial charge in [-0.3, -0.25) is 4.79 Å². The van der Waals surface area contributed by atoms with Gasteiger partial charge in [0.1, 0.15) is 5.82 Å². The van der Waals surface area contributed by atoms with Crippen LogP contribution in [-0.4, -0.2) is 18.5 Å². The van der Waals surface area contributed by atoms with Crippen molar-refractivity contribution >= 4 is 29.9 Å². The van der Waals surface area contributed by atoms with Gasteiger partial charge < -0.3 is 11.1 Å². The van der Waals surface area contributed by atoms with Gasteiger partial charge in [-0.15, -0.1) is 12.4 Å². The molecule has 0 aliphatic heterocycles. The van der Waals surface area contributed by atoms with Crippen molar-refractivity contribution in [3.63, 3.8) is 0 Å². The van der Waals surface area contributed by atoms with E-state index in [0.717, 1.165) is 18.9 Å². The van der Waals surface area contributed by atoms with Crippen LogP contribution in [0, 0.1) is 11.7 Å². The summed E-state index contributed by atoms with van der Waals surface area (Å²) >= 11 is 5.55. The fraction of sp³-hybridized carbons (Fsp3) is 0.417. The molecule has 3 N–H and O–H groups in total. The molecule has 1 fully saturated rings. The van der Waals surface area contributed by atoms with E-state index in [9.17, 15) is 9.18 Å². The lowest BCUT2D eigenvalue weighted by atomic mass is 10.1. The van der Waals surface area contributed by atoms with Gasteiger partial charge in [0.05, 0.1) is 5.02 Å². The summed E-state index contributed by atoms with van der Waals surface area (Å²) in [6, 6.07) is 4.00. The Labute approximate surface area is 116 Å². The highest BCUT2D eigenvalue weighted by molar-refractivity contribution is 6.30. The van der Waals surface area contributed by atoms with Crippen LogP contribution in [0.5, 0.6) is 0 Å². The predicted octanol–water partition coefficient (Wildman–Crippen LogP) is 2.37. The number of benzene rings is 1. The number of carbonyl (C=O) groups excluding carboxylic acids is 1. The zero-order valence-electron chi connectivity index (χ0n) is 9.66. The molecule has 1 atom stereocenters. The van der Waals surface area contributed by atoms with Crippen molar-refractivity contribution in [3.05, 3.63) is 34.6 Å². The molecule has 1 aromatic rings. The molecule has 1 aromatic carbocycles. The second kappa shape index (κ2) is 6.36. The lowest BCUT2D eigenvalue weighted by molar-refractivity contribution is 0.0933. The Balaban J connectivity index is 0.00000162. The van der Waals surface area contributed by atoms with E-state index in [4.69, 9.17) is 17.3 Å². The van der Waals surface area contributed by atoms with E-state index in [0.29, 0.717) is 12.5 Å². The topological polar surface area (TPSA) is 55.1 Å². The minimum absolute atomic E-state index is 0. The fourth-order valence-electron chi connectivity index (χ4n) is 1.76. The molecule has 2 rings (SSSR count). The van der Waals surface area contributed by atoms with Crippen LogP contribution < -0.4 is 11.1 Å². The third-order valence-electron chi connectivity index (χ3n) is 2.94. The molecule has 0 spiro atoms. The number of rotatable bonds is 4. The molecule has 3 nitrogen and oxygen atoms in total. The monoisotopic (exact) mass is 292 g/mol. The maximum Gasteiger partial charge on any atom is 0.251 e. The summed E-state index contributed by atoms with van der Waals surface area (Å²) in [6.07, 6.45) is 2.19. The molecular formula is C12H15Cl2FN2O. The van der Waals surface area contributed by atoms with E-state index in [2.05, 4.69) is 5.32 Å². The van der Waals surface area contributed by atoms with Gasteiger partial charge in [-0.1, -0.05) is 11.6 Å². The quantitative estimate of drug-likeness (QED) is 0.895. The van der Waals surface area contributed by atoms with E-state index in [-0.39, 0.29) is 34.9 Å². The Bertz CT molecular complexity index is 438. The Morgan fingerprint density at radius 1 is 1.56 bits per heavy atom. The summed E-state index contributed by atoms with van der Waals surface area (Å²) in [7, 11) is 0. The highest BCUT2D eigenvalue weighted by atomic mass is 35.5. The van der Waals surface area contributed by atoms with Crippen LogP contribution in [0.1, 0.15) is 23.2 Å². The number of hydrogen-bond donors (Lipinski definition) is 2. The number of halogens is 3. The second-order valence-electron chi connectivity index (χ2n) is 4.28. The number of hydrogen-bond acceptors (Lipinski definition) is 2. The van der Waals surface area contributed by atoms with Gasteiger partial charge in [-0.2, -0.15) is 0 Å². The van der Waals surface area contributed by atoms with Crippen molar-refractivity contribution in [2.75, 3.05) is 6.54 Å². The zero-order chi connectivity index (χ0) is 12.4. The first kappa shape index (κ1) is 15.2. The van der Waals surface area contributed by atoms with Crippen molar-refractivity contribution in [1.82, 2.24) is 5.32 Å². The van der Waals surface area contributed by atoms with Gasteiger partial charge in [0, 0.05) is 18.2 Å². The summed E-state index contributed by atoms with van der Waals surface area (Å²) in [5.41, 5.74) is 5.85. The number of nitrogens with one attached hydrogen (secondary N) is 1. The van der Waals surface area contributed by atoms with E-state index in [1.54, 1.807) is 0 Å². The van der Waals surface area contributed by atoms with E-state index in [1.165, 1.54) is 12.1 Å². The summed E-state index contributed by atoms with van der Waals surface area (Å²) in [6.45, 7) is 0.409. The van der Waals surface area contributed by atoms with Crippen molar-refractivity contribution in [3.8, 4) is 0 Å². The lowest BCUT2D eigenvalue weighted by Gasteiger charge is -2.16. The fourth-order valence-corrected chi connectivity index (χ4v) is 1.87. The van der Waals surface area contributed by atoms with Gasteiger partial charge in [0.2, 0.25) is 0 Å². The molecule has 18 heavy (non-hydrogen) atoms. The molecule has 0 saturated heterocycles. The molecule has 100 valence electrons. The van der Waals surface area contributed by atoms with Crippen molar-refractivity contribution in [2.45, 2.75) is 18.9 Å². The molecule has 1 aliphatic rings. The van der Waals surface area contributed by atoms with Gasteiger partial charge in [-0.05, 0) is 37.0 Å². The van der Waals surface area contributed by atoms with Gasteiger partial charge in [-0.25, -0.2) is 4.39 Å². The summed E-state index contributed by atoms with van der Waals surface area (Å²) in [5, 5.41) is 2.83. The molecule has 0 bridgehead atoms. The first-order chi connectivity index (χ1) is 8.11. The summed E-state index contributed by atoms with van der Waals surface area (Å²) in [4.78, 5) is 11.8. The molecule has 1 unspecified atom stereocenters. The average Bonchev–Trinajstić information content (AvgIpc) is 3.13. The molecule has 1 amide bonds. The highest BCUT2D eigenvalue weighted by Crippen LogP contribution is 2.32. The maximum atomic E-state index is 13.2. The smallest absolute Gasteiger partial charge is 0.251 e. The van der Waals surface area contributed by atoms with Crippen LogP contribution in [0.15, 0.2) is 18.2 Å². The zero-order valence-corrected chi connectivity index (χ0v) is 11.2. The number of amides is 1. The largest absolute Gasteiger partial charge is 0.348 e. The first-order valence-electron chi connectivity index (χ1n) is 5.58. The molecule has 1 aliphatic carbocycles. The molecular weight excluding hydrogens is 278 g/mol. The SMILES string of the molecule is Cl.NCC(NC(=O)c1ccc(Cl)c(F)c1)C1CC1. The Hall–Kier alpha value is -0.840. The third-order valence-corrected chi connectivity index (χ3v) is 3.25. The summed E-state index contributed by atoms with van der Waals surface area (Å²) in [5.74, 6) is -0.418. The van der Waals surface area contributed by atoms with Crippen LogP contribution in [0.2, 0.25) is 5.02 Å². The van der Waals surface area contributed by atoms with Crippen LogP contribution in [0.25, 0.3) is 0 Å². The van der Waals surface area contributed by atoms with Crippen LogP contribution in [0.4, 0.5) is 4.39 Å². The predicted molar refractivity (Wildman–Crippen MR) is 71.7 cm³/mol. The maximum absolute atomic E-state index is 13.2. The van der Waals surface area contributed by atoms with E-state index < -0.39 is 5.82 Å². The van der Waals surface area contributed by atoms with E-state index in [1.807, 2.05) is 0 Å². The van der Waals surface area contributed by atoms with Crippen molar-refractivity contribution < 1.29 is 9.18 Å². The Kier molecular flexibility index (Phi) is 5.38. The molecule has 1 saturated carbocycles. The molecule has 0 heterocycles. The van der Waals surface area contributed by atoms with E-state index >= 15 is 0 Å². The van der Waals surface area contributed by atoms with Crippen LogP contribution in [0.3, 0.4) is 0 Å². The second-order valence-corrected chi connectivity index (χ2v) is 4.69. The highest BCUT2D eigenvalue weighted by Gasteiger charge is 2.31. The summed E-state index contributed by atoms with van der Waals surface area (Å²) < 4.78 is 13.2. The van der Waals surface area contributed by atoms with Gasteiger partial charge >= 0.3 is 0 Å². The lowest BCUT2D eigenvalue weighted by Crippen LogP contribution is -2.41. The third kappa shape index (κ3) is 3.57. The molecule has 6 heteroatoms. The van der Waals surface area contributed by atoms with Gasteiger partial charge in [0.25, 0.3) is 5.91 Å². The number of nitrogens with two attached hydrogens (primary N) is 1. The standard InChI is InChI=1S/C12H14ClFN2O.ClH/c13-9-4-3-8(5-10(9)14)12(17)16-11(6-15)7-1-2-7;/h3-5,7,11H,1-2,6,15H2,(H,16,17);1H.